The summed E-state index contributed by atoms with van der Waals surface area (Å²) in [4.78, 5) is 17.2. The van der Waals surface area contributed by atoms with Crippen molar-refractivity contribution in [1.82, 2.24) is 8.75 Å². The van der Waals surface area contributed by atoms with E-state index in [1.807, 2.05) is 6.07 Å². The van der Waals surface area contributed by atoms with E-state index in [1.54, 1.807) is 28.7 Å². The maximum absolute atomic E-state index is 11.5. The molecule has 1 fully saturated rings. The molecule has 1 saturated carbocycles. The number of aryl methyl sites for hydroxylation is 1. The van der Waals surface area contributed by atoms with Gasteiger partial charge in [-0.05, 0) is 89.4 Å². The highest BCUT2D eigenvalue weighted by atomic mass is 32.1. The molecule has 1 N–H and O–H groups in total. The van der Waals surface area contributed by atoms with Crippen LogP contribution in [0.2, 0.25) is 0 Å². The SMILES string of the molecule is Cc1ccc(N2c3ccc(-c4ccc(-c5csc6c5C(C)(C)c5cc(/C=C(/C#N)C(=O)O)sc5-6)c5nsnc45)cc3C3CCCC32)cc1. The van der Waals surface area contributed by atoms with Gasteiger partial charge in [-0.25, -0.2) is 4.79 Å². The van der Waals surface area contributed by atoms with Gasteiger partial charge in [0, 0.05) is 54.5 Å². The van der Waals surface area contributed by atoms with E-state index in [9.17, 15) is 15.2 Å². The van der Waals surface area contributed by atoms with Crippen molar-refractivity contribution >= 4 is 68.9 Å². The molecule has 9 heteroatoms. The summed E-state index contributed by atoms with van der Waals surface area (Å²) < 4.78 is 9.73. The van der Waals surface area contributed by atoms with E-state index < -0.39 is 5.97 Å². The predicted molar refractivity (Wildman–Crippen MR) is 197 cm³/mol. The number of thiophene rings is 2. The standard InChI is InChI=1S/C39H30N4O2S3/c1-20-7-10-23(11-8-20)43-31-6-4-5-26(31)28-16-21(9-14-32(28)43)25-12-13-27(35-34(25)41-48-42-35)29-19-46-37-33(29)39(2,3)30-17-24(47-36(30)37)15-22(18-40)38(44)45/h7-17,19,26,31H,4-6H2,1-3H3,(H,44,45)/b22-15-. The molecule has 6 nitrogen and oxygen atoms in total. The van der Waals surface area contributed by atoms with Gasteiger partial charge in [0.1, 0.15) is 22.7 Å². The maximum atomic E-state index is 11.5. The molecule has 0 amide bonds. The van der Waals surface area contributed by atoms with Crippen LogP contribution in [-0.4, -0.2) is 25.9 Å². The molecule has 3 aliphatic rings. The molecule has 1 aliphatic heterocycles. The molecule has 2 atom stereocenters. The van der Waals surface area contributed by atoms with Gasteiger partial charge in [0.15, 0.2) is 0 Å². The lowest BCUT2D eigenvalue weighted by atomic mass is 9.80. The largest absolute Gasteiger partial charge is 0.477 e. The molecular weight excluding hydrogens is 653 g/mol. The van der Waals surface area contributed by atoms with Gasteiger partial charge < -0.3 is 10.0 Å². The molecule has 3 aromatic heterocycles. The lowest BCUT2D eigenvalue weighted by Gasteiger charge is -2.27. The molecule has 3 aromatic carbocycles. The zero-order valence-electron chi connectivity index (χ0n) is 26.6. The van der Waals surface area contributed by atoms with E-state index >= 15 is 0 Å². The lowest BCUT2D eigenvalue weighted by molar-refractivity contribution is -0.132. The number of anilines is 2. The highest BCUT2D eigenvalue weighted by Crippen LogP contribution is 2.59. The number of hydrogen-bond donors (Lipinski definition) is 1. The number of nitrogens with zero attached hydrogens (tertiary/aromatic N) is 4. The summed E-state index contributed by atoms with van der Waals surface area (Å²) in [5.74, 6) is -0.672. The van der Waals surface area contributed by atoms with Crippen LogP contribution in [0.1, 0.15) is 66.2 Å². The Bertz CT molecular complexity index is 2390. The summed E-state index contributed by atoms with van der Waals surface area (Å²) in [7, 11) is 0. The monoisotopic (exact) mass is 682 g/mol. The fraction of sp³-hybridized carbons (Fsp3) is 0.231. The highest BCUT2D eigenvalue weighted by Gasteiger charge is 2.43. The summed E-state index contributed by atoms with van der Waals surface area (Å²) in [5.41, 5.74) is 13.6. The van der Waals surface area contributed by atoms with E-state index in [0.717, 1.165) is 37.5 Å². The van der Waals surface area contributed by atoms with Crippen molar-refractivity contribution in [3.05, 3.63) is 98.7 Å². The fourth-order valence-electron chi connectivity index (χ4n) is 8.26. The average molecular weight is 683 g/mol. The number of carboxylic acid groups (broad SMARTS) is 1. The van der Waals surface area contributed by atoms with Gasteiger partial charge in [-0.15, -0.1) is 22.7 Å². The molecule has 0 saturated heterocycles. The Morgan fingerprint density at radius 3 is 2.54 bits per heavy atom. The Kier molecular flexibility index (Phi) is 6.57. The molecule has 48 heavy (non-hydrogen) atoms. The second-order valence-electron chi connectivity index (χ2n) is 13.6. The Morgan fingerprint density at radius 2 is 1.77 bits per heavy atom. The second kappa shape index (κ2) is 10.7. The highest BCUT2D eigenvalue weighted by molar-refractivity contribution is 7.22. The van der Waals surface area contributed by atoms with Crippen molar-refractivity contribution in [3.63, 3.8) is 0 Å². The van der Waals surface area contributed by atoms with Gasteiger partial charge in [0.2, 0.25) is 0 Å². The van der Waals surface area contributed by atoms with Crippen LogP contribution in [0.3, 0.4) is 0 Å². The Balaban J connectivity index is 1.11. The number of aromatic nitrogens is 2. The van der Waals surface area contributed by atoms with Crippen molar-refractivity contribution in [1.29, 1.82) is 5.26 Å². The van der Waals surface area contributed by atoms with Crippen molar-refractivity contribution in [2.24, 2.45) is 0 Å². The number of aliphatic carboxylic acids is 1. The molecule has 2 unspecified atom stereocenters. The van der Waals surface area contributed by atoms with Crippen molar-refractivity contribution in [2.45, 2.75) is 57.4 Å². The smallest absolute Gasteiger partial charge is 0.346 e. The zero-order valence-corrected chi connectivity index (χ0v) is 29.0. The summed E-state index contributed by atoms with van der Waals surface area (Å²) in [6, 6.07) is 24.7. The third kappa shape index (κ3) is 4.22. The van der Waals surface area contributed by atoms with Gasteiger partial charge in [0.05, 0.1) is 11.7 Å². The van der Waals surface area contributed by atoms with E-state index in [4.69, 9.17) is 8.75 Å². The number of carbonyl (C=O) groups is 1. The maximum Gasteiger partial charge on any atom is 0.346 e. The van der Waals surface area contributed by atoms with Crippen LogP contribution in [0.25, 0.3) is 49.1 Å². The molecule has 236 valence electrons. The fourth-order valence-corrected chi connectivity index (χ4v) is 11.5. The second-order valence-corrected chi connectivity index (χ2v) is 16.0. The van der Waals surface area contributed by atoms with Crippen molar-refractivity contribution in [3.8, 4) is 38.1 Å². The number of carboxylic acids is 1. The first-order valence-corrected chi connectivity index (χ1v) is 18.5. The minimum absolute atomic E-state index is 0.256. The first-order chi connectivity index (χ1) is 23.2. The Hall–Kier alpha value is -4.62. The van der Waals surface area contributed by atoms with E-state index in [-0.39, 0.29) is 11.0 Å². The van der Waals surface area contributed by atoms with Crippen LogP contribution in [0.15, 0.2) is 71.6 Å². The Morgan fingerprint density at radius 1 is 1.00 bits per heavy atom. The van der Waals surface area contributed by atoms with Crippen LogP contribution in [0.4, 0.5) is 11.4 Å². The minimum atomic E-state index is -1.21. The summed E-state index contributed by atoms with van der Waals surface area (Å²) in [5, 5.41) is 20.9. The molecule has 2 aliphatic carbocycles. The molecule has 0 radical (unpaired) electrons. The molecule has 4 heterocycles. The first kappa shape index (κ1) is 29.5. The predicted octanol–water partition coefficient (Wildman–Crippen LogP) is 10.5. The van der Waals surface area contributed by atoms with Gasteiger partial charge in [-0.3, -0.25) is 0 Å². The molecular formula is C39H30N4O2S3. The van der Waals surface area contributed by atoms with Crippen LogP contribution in [0.5, 0.6) is 0 Å². The first-order valence-electron chi connectivity index (χ1n) is 16.1. The summed E-state index contributed by atoms with van der Waals surface area (Å²) in [6.45, 7) is 6.59. The zero-order chi connectivity index (χ0) is 32.9. The van der Waals surface area contributed by atoms with Crippen LogP contribution < -0.4 is 4.90 Å². The molecule has 9 rings (SSSR count). The van der Waals surface area contributed by atoms with Gasteiger partial charge in [0.25, 0.3) is 0 Å². The average Bonchev–Trinajstić information content (AvgIpc) is 3.91. The normalized spacial score (nSPS) is 18.9. The van der Waals surface area contributed by atoms with Gasteiger partial charge in [-0.1, -0.05) is 56.2 Å². The topological polar surface area (TPSA) is 90.1 Å². The molecule has 6 aromatic rings. The summed E-state index contributed by atoms with van der Waals surface area (Å²) >= 11 is 4.53. The molecule has 0 spiro atoms. The lowest BCUT2D eigenvalue weighted by Crippen LogP contribution is -2.26. The van der Waals surface area contributed by atoms with Crippen molar-refractivity contribution in [2.75, 3.05) is 4.90 Å². The van der Waals surface area contributed by atoms with Crippen molar-refractivity contribution < 1.29 is 9.90 Å². The number of hydrogen-bond acceptors (Lipinski definition) is 8. The van der Waals surface area contributed by atoms with E-state index in [0.29, 0.717) is 12.0 Å². The number of fused-ring (bicyclic) bond motifs is 7. The van der Waals surface area contributed by atoms with E-state index in [2.05, 4.69) is 85.6 Å². The number of rotatable bonds is 5. The molecule has 0 bridgehead atoms. The number of nitriles is 1. The third-order valence-electron chi connectivity index (χ3n) is 10.5. The van der Waals surface area contributed by atoms with Gasteiger partial charge in [-0.2, -0.15) is 14.0 Å². The van der Waals surface area contributed by atoms with Crippen LogP contribution in [-0.2, 0) is 10.2 Å². The third-order valence-corrected chi connectivity index (χ3v) is 13.3. The summed E-state index contributed by atoms with van der Waals surface area (Å²) in [6.07, 6.45) is 5.17. The minimum Gasteiger partial charge on any atom is -0.477 e. The van der Waals surface area contributed by atoms with Gasteiger partial charge >= 0.3 is 5.97 Å². The van der Waals surface area contributed by atoms with Crippen LogP contribution in [0, 0.1) is 18.3 Å². The number of benzene rings is 3. The quantitative estimate of drug-likeness (QED) is 0.144. The Labute approximate surface area is 290 Å². The van der Waals surface area contributed by atoms with Crippen LogP contribution >= 0.6 is 34.4 Å². The van der Waals surface area contributed by atoms with E-state index in [1.165, 1.54) is 81.1 Å².